The van der Waals surface area contributed by atoms with Crippen LogP contribution in [-0.4, -0.2) is 17.0 Å². The summed E-state index contributed by atoms with van der Waals surface area (Å²) in [5.41, 5.74) is 1.53. The highest BCUT2D eigenvalue weighted by atomic mass is 35.5. The lowest BCUT2D eigenvalue weighted by atomic mass is 10.1. The van der Waals surface area contributed by atoms with Gasteiger partial charge in [0, 0.05) is 11.3 Å². The molecule has 1 fully saturated rings. The molecule has 2 atom stereocenters. The summed E-state index contributed by atoms with van der Waals surface area (Å²) in [6, 6.07) is 7.93. The average Bonchev–Trinajstić information content (AvgIpc) is 2.35. The molecule has 0 saturated carbocycles. The minimum Gasteiger partial charge on any atom is -0.380 e. The van der Waals surface area contributed by atoms with Crippen LogP contribution in [0.3, 0.4) is 0 Å². The summed E-state index contributed by atoms with van der Waals surface area (Å²) in [6.45, 7) is 2.24. The number of hydrogen-bond acceptors (Lipinski definition) is 3. The van der Waals surface area contributed by atoms with Crippen molar-refractivity contribution < 1.29 is 0 Å². The third-order valence-corrected chi connectivity index (χ3v) is 4.75. The van der Waals surface area contributed by atoms with Crippen LogP contribution >= 0.6 is 23.4 Å². The number of halogens is 1. The van der Waals surface area contributed by atoms with Crippen LogP contribution in [0.5, 0.6) is 0 Å². The molecule has 1 aliphatic heterocycles. The van der Waals surface area contributed by atoms with Gasteiger partial charge < -0.3 is 5.32 Å². The second-order valence-electron chi connectivity index (χ2n) is 4.28. The molecule has 90 valence electrons. The Morgan fingerprint density at radius 1 is 1.53 bits per heavy atom. The Morgan fingerprint density at radius 3 is 3.06 bits per heavy atom. The number of benzene rings is 1. The summed E-state index contributed by atoms with van der Waals surface area (Å²) in [6.07, 6.45) is 2.41. The maximum Gasteiger partial charge on any atom is 0.0992 e. The number of thioether (sulfide) groups is 1. The van der Waals surface area contributed by atoms with Crippen molar-refractivity contribution in [3.05, 3.63) is 28.8 Å². The summed E-state index contributed by atoms with van der Waals surface area (Å²) >= 11 is 8.13. The molecule has 1 aliphatic rings. The van der Waals surface area contributed by atoms with Gasteiger partial charge in [0.25, 0.3) is 0 Å². The Morgan fingerprint density at radius 2 is 2.35 bits per heavy atom. The highest BCUT2D eigenvalue weighted by molar-refractivity contribution is 8.00. The monoisotopic (exact) mass is 266 g/mol. The van der Waals surface area contributed by atoms with Crippen molar-refractivity contribution in [2.45, 2.75) is 31.1 Å². The van der Waals surface area contributed by atoms with E-state index in [1.54, 1.807) is 12.1 Å². The highest BCUT2D eigenvalue weighted by Gasteiger charge is 2.22. The molecule has 0 amide bonds. The van der Waals surface area contributed by atoms with Crippen molar-refractivity contribution in [2.75, 3.05) is 11.1 Å². The first kappa shape index (κ1) is 12.6. The Bertz CT molecular complexity index is 442. The zero-order valence-corrected chi connectivity index (χ0v) is 11.3. The highest BCUT2D eigenvalue weighted by Crippen LogP contribution is 2.30. The van der Waals surface area contributed by atoms with Crippen molar-refractivity contribution in [1.29, 1.82) is 5.26 Å². The van der Waals surface area contributed by atoms with Crippen molar-refractivity contribution in [3.8, 4) is 6.07 Å². The molecule has 17 heavy (non-hydrogen) atoms. The molecule has 2 rings (SSSR count). The van der Waals surface area contributed by atoms with Gasteiger partial charge in [-0.3, -0.25) is 0 Å². The normalized spacial score (nSPS) is 24.1. The fourth-order valence-electron chi connectivity index (χ4n) is 2.02. The SMILES string of the molecule is CC1SCCCC1Nc1cc(C#N)ccc1Cl. The van der Waals surface area contributed by atoms with Crippen molar-refractivity contribution in [3.63, 3.8) is 0 Å². The first-order valence-corrected chi connectivity index (χ1v) is 7.21. The summed E-state index contributed by atoms with van der Waals surface area (Å²) in [5.74, 6) is 1.24. The summed E-state index contributed by atoms with van der Waals surface area (Å²) in [7, 11) is 0. The summed E-state index contributed by atoms with van der Waals surface area (Å²) in [5, 5.41) is 13.6. The van der Waals surface area contributed by atoms with E-state index in [2.05, 4.69) is 18.3 Å². The van der Waals surface area contributed by atoms with Gasteiger partial charge in [-0.15, -0.1) is 0 Å². The fourth-order valence-corrected chi connectivity index (χ4v) is 3.33. The maximum atomic E-state index is 8.89. The van der Waals surface area contributed by atoms with Crippen LogP contribution in [0.2, 0.25) is 5.02 Å². The number of nitriles is 1. The third-order valence-electron chi connectivity index (χ3n) is 3.04. The summed E-state index contributed by atoms with van der Waals surface area (Å²) < 4.78 is 0. The van der Waals surface area contributed by atoms with E-state index in [9.17, 15) is 0 Å². The molecule has 0 radical (unpaired) electrons. The van der Waals surface area contributed by atoms with Gasteiger partial charge in [-0.25, -0.2) is 0 Å². The van der Waals surface area contributed by atoms with Crippen molar-refractivity contribution >= 4 is 29.1 Å². The van der Waals surface area contributed by atoms with E-state index in [-0.39, 0.29) is 0 Å². The zero-order chi connectivity index (χ0) is 12.3. The largest absolute Gasteiger partial charge is 0.380 e. The van der Waals surface area contributed by atoms with Gasteiger partial charge in [-0.2, -0.15) is 17.0 Å². The Balaban J connectivity index is 2.14. The molecular weight excluding hydrogens is 252 g/mol. The maximum absolute atomic E-state index is 8.89. The van der Waals surface area contributed by atoms with Gasteiger partial charge in [0.1, 0.15) is 0 Å². The smallest absolute Gasteiger partial charge is 0.0992 e. The number of rotatable bonds is 2. The molecular formula is C13H15ClN2S. The number of anilines is 1. The Labute approximate surface area is 111 Å². The molecule has 1 aromatic carbocycles. The first-order chi connectivity index (χ1) is 8.20. The lowest BCUT2D eigenvalue weighted by Gasteiger charge is -2.30. The predicted octanol–water partition coefficient (Wildman–Crippen LogP) is 3.91. The molecule has 1 heterocycles. The topological polar surface area (TPSA) is 35.8 Å². The minimum atomic E-state index is 0.445. The van der Waals surface area contributed by atoms with E-state index in [0.29, 0.717) is 21.9 Å². The van der Waals surface area contributed by atoms with Crippen LogP contribution in [-0.2, 0) is 0 Å². The molecule has 2 unspecified atom stereocenters. The molecule has 0 spiro atoms. The van der Waals surface area contributed by atoms with E-state index in [1.807, 2.05) is 17.8 Å². The van der Waals surface area contributed by atoms with Crippen LogP contribution in [0.4, 0.5) is 5.69 Å². The van der Waals surface area contributed by atoms with Crippen molar-refractivity contribution in [1.82, 2.24) is 0 Å². The van der Waals surface area contributed by atoms with E-state index in [1.165, 1.54) is 18.6 Å². The van der Waals surface area contributed by atoms with Gasteiger partial charge >= 0.3 is 0 Å². The number of hydrogen-bond donors (Lipinski definition) is 1. The Hall–Kier alpha value is -0.850. The molecule has 2 nitrogen and oxygen atoms in total. The van der Waals surface area contributed by atoms with E-state index >= 15 is 0 Å². The van der Waals surface area contributed by atoms with E-state index in [4.69, 9.17) is 16.9 Å². The number of nitrogens with one attached hydrogen (secondary N) is 1. The standard InChI is InChI=1S/C13H15ClN2S/c1-9-12(3-2-6-17-9)16-13-7-10(8-15)4-5-11(13)14/h4-5,7,9,12,16H,2-3,6H2,1H3. The molecule has 0 aromatic heterocycles. The lowest BCUT2D eigenvalue weighted by molar-refractivity contribution is 0.617. The average molecular weight is 267 g/mol. The third kappa shape index (κ3) is 3.08. The zero-order valence-electron chi connectivity index (χ0n) is 9.74. The lowest BCUT2D eigenvalue weighted by Crippen LogP contribution is -2.32. The molecule has 0 aliphatic carbocycles. The Kier molecular flexibility index (Phi) is 4.20. The van der Waals surface area contributed by atoms with Crippen molar-refractivity contribution in [2.24, 2.45) is 0 Å². The molecule has 0 bridgehead atoms. The van der Waals surface area contributed by atoms with Gasteiger partial charge in [-0.1, -0.05) is 18.5 Å². The van der Waals surface area contributed by atoms with E-state index < -0.39 is 0 Å². The predicted molar refractivity (Wildman–Crippen MR) is 74.7 cm³/mol. The van der Waals surface area contributed by atoms with Gasteiger partial charge in [0.2, 0.25) is 0 Å². The first-order valence-electron chi connectivity index (χ1n) is 5.78. The van der Waals surface area contributed by atoms with Gasteiger partial charge in [-0.05, 0) is 36.8 Å². The van der Waals surface area contributed by atoms with Crippen LogP contribution in [0.15, 0.2) is 18.2 Å². The molecule has 1 N–H and O–H groups in total. The number of nitrogens with zero attached hydrogens (tertiary/aromatic N) is 1. The summed E-state index contributed by atoms with van der Waals surface area (Å²) in [4.78, 5) is 0. The molecule has 4 heteroatoms. The van der Waals surface area contributed by atoms with Crippen LogP contribution in [0, 0.1) is 11.3 Å². The molecule has 1 saturated heterocycles. The second kappa shape index (κ2) is 5.66. The molecule has 1 aromatic rings. The minimum absolute atomic E-state index is 0.445. The van der Waals surface area contributed by atoms with Crippen LogP contribution < -0.4 is 5.32 Å². The van der Waals surface area contributed by atoms with Crippen LogP contribution in [0.1, 0.15) is 25.3 Å². The second-order valence-corrected chi connectivity index (χ2v) is 6.17. The van der Waals surface area contributed by atoms with E-state index in [0.717, 1.165) is 5.69 Å². The fraction of sp³-hybridized carbons (Fsp3) is 0.462. The van der Waals surface area contributed by atoms with Gasteiger partial charge in [0.15, 0.2) is 0 Å². The van der Waals surface area contributed by atoms with Gasteiger partial charge in [0.05, 0.1) is 22.3 Å². The quantitative estimate of drug-likeness (QED) is 0.882. The van der Waals surface area contributed by atoms with Crippen LogP contribution in [0.25, 0.3) is 0 Å².